The molecule has 0 spiro atoms. The summed E-state index contributed by atoms with van der Waals surface area (Å²) in [4.78, 5) is 14.3. The largest absolute Gasteiger partial charge is 0.399 e. The number of hydrogen-bond donors (Lipinski definition) is 2. The van der Waals surface area contributed by atoms with Crippen molar-refractivity contribution in [3.8, 4) is 0 Å². The van der Waals surface area contributed by atoms with E-state index >= 15 is 0 Å². The summed E-state index contributed by atoms with van der Waals surface area (Å²) >= 11 is 3.37. The maximum Gasteiger partial charge on any atom is 0.255 e. The number of amides is 1. The van der Waals surface area contributed by atoms with Gasteiger partial charge in [-0.2, -0.15) is 0 Å². The molecular formula is C14H19BrN2O3. The van der Waals surface area contributed by atoms with E-state index in [-0.39, 0.29) is 18.6 Å². The first-order valence-electron chi connectivity index (χ1n) is 6.45. The highest BCUT2D eigenvalue weighted by molar-refractivity contribution is 9.10. The van der Waals surface area contributed by atoms with Crippen molar-refractivity contribution in [3.63, 3.8) is 0 Å². The Morgan fingerprint density at radius 3 is 2.95 bits per heavy atom. The molecule has 0 aliphatic carbocycles. The number of rotatable bonds is 2. The summed E-state index contributed by atoms with van der Waals surface area (Å²) in [7, 11) is 0. The zero-order valence-electron chi connectivity index (χ0n) is 11.6. The molecule has 1 aliphatic heterocycles. The fourth-order valence-corrected chi connectivity index (χ4v) is 2.84. The van der Waals surface area contributed by atoms with Gasteiger partial charge in [0.05, 0.1) is 23.9 Å². The van der Waals surface area contributed by atoms with Crippen molar-refractivity contribution >= 4 is 27.5 Å². The van der Waals surface area contributed by atoms with E-state index in [1.807, 2.05) is 13.8 Å². The molecule has 20 heavy (non-hydrogen) atoms. The summed E-state index contributed by atoms with van der Waals surface area (Å²) in [6.45, 7) is 4.56. The van der Waals surface area contributed by atoms with Crippen LogP contribution in [0.15, 0.2) is 22.7 Å². The van der Waals surface area contributed by atoms with Crippen LogP contribution in [0.1, 0.15) is 24.2 Å². The number of aliphatic hydroxyl groups is 1. The van der Waals surface area contributed by atoms with Gasteiger partial charge in [-0.1, -0.05) is 0 Å². The first-order valence-corrected chi connectivity index (χ1v) is 7.24. The van der Waals surface area contributed by atoms with E-state index < -0.39 is 5.60 Å². The Morgan fingerprint density at radius 2 is 2.30 bits per heavy atom. The van der Waals surface area contributed by atoms with Crippen LogP contribution in [0.5, 0.6) is 0 Å². The van der Waals surface area contributed by atoms with Crippen molar-refractivity contribution in [1.82, 2.24) is 4.90 Å². The fraction of sp³-hybridized carbons (Fsp3) is 0.500. The van der Waals surface area contributed by atoms with Crippen LogP contribution >= 0.6 is 15.9 Å². The molecule has 0 radical (unpaired) electrons. The number of hydrogen-bond acceptors (Lipinski definition) is 4. The van der Waals surface area contributed by atoms with E-state index in [0.29, 0.717) is 28.8 Å². The van der Waals surface area contributed by atoms with Gasteiger partial charge < -0.3 is 20.5 Å². The van der Waals surface area contributed by atoms with E-state index in [1.54, 1.807) is 23.1 Å². The number of aliphatic hydroxyl groups excluding tert-OH is 1. The maximum atomic E-state index is 12.6. The third-order valence-electron chi connectivity index (χ3n) is 3.19. The molecular weight excluding hydrogens is 324 g/mol. The normalized spacial score (nSPS) is 21.8. The summed E-state index contributed by atoms with van der Waals surface area (Å²) in [5.41, 5.74) is 6.34. The molecule has 1 saturated heterocycles. The molecule has 1 aliphatic rings. The lowest BCUT2D eigenvalue weighted by atomic mass is 10.0. The lowest BCUT2D eigenvalue weighted by molar-refractivity contribution is -0.139. The van der Waals surface area contributed by atoms with Crippen LogP contribution < -0.4 is 5.73 Å². The minimum atomic E-state index is -0.478. The summed E-state index contributed by atoms with van der Waals surface area (Å²) < 4.78 is 6.42. The number of benzene rings is 1. The Bertz CT molecular complexity index is 519. The topological polar surface area (TPSA) is 75.8 Å². The molecule has 5 nitrogen and oxygen atoms in total. The van der Waals surface area contributed by atoms with Crippen molar-refractivity contribution in [2.45, 2.75) is 25.6 Å². The zero-order valence-corrected chi connectivity index (χ0v) is 13.2. The van der Waals surface area contributed by atoms with Crippen molar-refractivity contribution < 1.29 is 14.6 Å². The van der Waals surface area contributed by atoms with Gasteiger partial charge in [-0.3, -0.25) is 4.79 Å². The second-order valence-electron chi connectivity index (χ2n) is 5.61. The molecule has 3 N–H and O–H groups in total. The number of anilines is 1. The van der Waals surface area contributed by atoms with E-state index in [0.717, 1.165) is 0 Å². The Hall–Kier alpha value is -1.11. The fourth-order valence-electron chi connectivity index (χ4n) is 2.42. The molecule has 0 saturated carbocycles. The van der Waals surface area contributed by atoms with E-state index in [9.17, 15) is 9.90 Å². The predicted octanol–water partition coefficient (Wildman–Crippen LogP) is 1.64. The first-order chi connectivity index (χ1) is 9.32. The van der Waals surface area contributed by atoms with Crippen LogP contribution in [-0.4, -0.2) is 47.3 Å². The number of ether oxygens (including phenoxy) is 1. The van der Waals surface area contributed by atoms with Crippen LogP contribution in [-0.2, 0) is 4.74 Å². The van der Waals surface area contributed by atoms with Crippen LogP contribution in [0.25, 0.3) is 0 Å². The smallest absolute Gasteiger partial charge is 0.255 e. The van der Waals surface area contributed by atoms with E-state index in [4.69, 9.17) is 10.5 Å². The van der Waals surface area contributed by atoms with Crippen molar-refractivity contribution in [2.24, 2.45) is 0 Å². The lowest BCUT2D eigenvalue weighted by Gasteiger charge is -2.42. The number of nitrogens with zero attached hydrogens (tertiary/aromatic N) is 1. The molecule has 1 fully saturated rings. The number of nitrogens with two attached hydrogens (primary N) is 1. The summed E-state index contributed by atoms with van der Waals surface area (Å²) in [6, 6.07) is 5.15. The highest BCUT2D eigenvalue weighted by atomic mass is 79.9. The van der Waals surface area contributed by atoms with Gasteiger partial charge in [0.15, 0.2) is 0 Å². The highest BCUT2D eigenvalue weighted by Gasteiger charge is 2.36. The van der Waals surface area contributed by atoms with Crippen LogP contribution in [0, 0.1) is 0 Å². The molecule has 1 amide bonds. The maximum absolute atomic E-state index is 12.6. The zero-order chi connectivity index (χ0) is 14.9. The predicted molar refractivity (Wildman–Crippen MR) is 80.5 cm³/mol. The Morgan fingerprint density at radius 1 is 1.60 bits per heavy atom. The first kappa shape index (κ1) is 15.3. The van der Waals surface area contributed by atoms with Gasteiger partial charge in [-0.15, -0.1) is 0 Å². The summed E-state index contributed by atoms with van der Waals surface area (Å²) in [5, 5.41) is 9.30. The molecule has 1 unspecified atom stereocenters. The van der Waals surface area contributed by atoms with E-state index in [1.165, 1.54) is 0 Å². The SMILES string of the molecule is CC1(C)CN(C(=O)c2cc(N)ccc2Br)CC(CO)O1. The Kier molecular flexibility index (Phi) is 4.36. The minimum absolute atomic E-state index is 0.106. The summed E-state index contributed by atoms with van der Waals surface area (Å²) in [6.07, 6.45) is -0.359. The van der Waals surface area contributed by atoms with Crippen LogP contribution in [0.2, 0.25) is 0 Å². The van der Waals surface area contributed by atoms with Gasteiger partial charge in [-0.25, -0.2) is 0 Å². The van der Waals surface area contributed by atoms with Crippen molar-refractivity contribution in [2.75, 3.05) is 25.4 Å². The molecule has 110 valence electrons. The molecule has 1 aromatic rings. The highest BCUT2D eigenvalue weighted by Crippen LogP contribution is 2.26. The lowest BCUT2D eigenvalue weighted by Crippen LogP contribution is -2.55. The van der Waals surface area contributed by atoms with Gasteiger partial charge in [0.1, 0.15) is 0 Å². The van der Waals surface area contributed by atoms with Gasteiger partial charge in [0.2, 0.25) is 0 Å². The monoisotopic (exact) mass is 342 g/mol. The Balaban J connectivity index is 2.25. The van der Waals surface area contributed by atoms with Crippen molar-refractivity contribution in [1.29, 1.82) is 0 Å². The number of carbonyl (C=O) groups excluding carboxylic acids is 1. The molecule has 1 aromatic carbocycles. The van der Waals surface area contributed by atoms with Crippen LogP contribution in [0.4, 0.5) is 5.69 Å². The standard InChI is InChI=1S/C14H19BrN2O3/c1-14(2)8-17(6-10(7-18)20-14)13(19)11-5-9(16)3-4-12(11)15/h3-5,10,18H,6-8,16H2,1-2H3. The summed E-state index contributed by atoms with van der Waals surface area (Å²) in [5.74, 6) is -0.112. The number of carbonyl (C=O) groups is 1. The Labute approximate surface area is 126 Å². The molecule has 0 bridgehead atoms. The number of nitrogen functional groups attached to an aromatic ring is 1. The average molecular weight is 343 g/mol. The molecule has 1 heterocycles. The molecule has 6 heteroatoms. The van der Waals surface area contributed by atoms with Gasteiger partial charge in [-0.05, 0) is 48.0 Å². The molecule has 1 atom stereocenters. The van der Waals surface area contributed by atoms with Gasteiger partial charge in [0.25, 0.3) is 5.91 Å². The number of halogens is 1. The average Bonchev–Trinajstić information content (AvgIpc) is 2.38. The third kappa shape index (κ3) is 3.31. The quantitative estimate of drug-likeness (QED) is 0.801. The molecule has 0 aromatic heterocycles. The second kappa shape index (κ2) is 5.71. The molecule has 2 rings (SSSR count). The minimum Gasteiger partial charge on any atom is -0.399 e. The van der Waals surface area contributed by atoms with Crippen LogP contribution in [0.3, 0.4) is 0 Å². The van der Waals surface area contributed by atoms with Gasteiger partial charge >= 0.3 is 0 Å². The van der Waals surface area contributed by atoms with Crippen molar-refractivity contribution in [3.05, 3.63) is 28.2 Å². The van der Waals surface area contributed by atoms with Gasteiger partial charge in [0, 0.05) is 23.2 Å². The third-order valence-corrected chi connectivity index (χ3v) is 3.88. The van der Waals surface area contributed by atoms with E-state index in [2.05, 4.69) is 15.9 Å². The number of morpholine rings is 1. The second-order valence-corrected chi connectivity index (χ2v) is 6.46.